The Morgan fingerprint density at radius 1 is 1.18 bits per heavy atom. The van der Waals surface area contributed by atoms with Crippen LogP contribution in [-0.4, -0.2) is 55.0 Å². The minimum absolute atomic E-state index is 0.124. The molecule has 0 radical (unpaired) electrons. The molecule has 0 saturated carbocycles. The first-order valence-corrected chi connectivity index (χ1v) is 8.07. The molecule has 2 aliphatic heterocycles. The van der Waals surface area contributed by atoms with Gasteiger partial charge in [-0.25, -0.2) is 0 Å². The minimum atomic E-state index is 0.124. The Balaban J connectivity index is 1.63. The van der Waals surface area contributed by atoms with Gasteiger partial charge in [-0.1, -0.05) is 32.0 Å². The van der Waals surface area contributed by atoms with E-state index in [1.165, 1.54) is 0 Å². The van der Waals surface area contributed by atoms with Gasteiger partial charge < -0.3 is 9.64 Å². The summed E-state index contributed by atoms with van der Waals surface area (Å²) in [4.78, 5) is 17.0. The van der Waals surface area contributed by atoms with Crippen molar-refractivity contribution in [1.82, 2.24) is 9.80 Å². The molecule has 4 heteroatoms. The summed E-state index contributed by atoms with van der Waals surface area (Å²) in [6, 6.07) is 7.85. The van der Waals surface area contributed by atoms with Gasteiger partial charge in [-0.3, -0.25) is 9.69 Å². The predicted octanol–water partition coefficient (Wildman–Crippen LogP) is 2.26. The second-order valence-corrected chi connectivity index (χ2v) is 6.48. The lowest BCUT2D eigenvalue weighted by Crippen LogP contribution is -2.50. The van der Waals surface area contributed by atoms with Crippen molar-refractivity contribution in [3.8, 4) is 5.75 Å². The van der Waals surface area contributed by atoms with Crippen LogP contribution < -0.4 is 4.74 Å². The van der Waals surface area contributed by atoms with Crippen molar-refractivity contribution in [1.29, 1.82) is 0 Å². The Kier molecular flexibility index (Phi) is 4.48. The molecule has 1 aromatic rings. The van der Waals surface area contributed by atoms with Crippen molar-refractivity contribution in [3.05, 3.63) is 35.4 Å². The van der Waals surface area contributed by atoms with Crippen molar-refractivity contribution < 1.29 is 9.53 Å². The summed E-state index contributed by atoms with van der Waals surface area (Å²) in [6.07, 6.45) is 1.97. The van der Waals surface area contributed by atoms with Gasteiger partial charge in [0, 0.05) is 38.3 Å². The molecule has 4 nitrogen and oxygen atoms in total. The Hall–Kier alpha value is -1.81. The molecular formula is C18H24N2O2. The summed E-state index contributed by atoms with van der Waals surface area (Å²) in [7, 11) is 0. The molecule has 118 valence electrons. The second kappa shape index (κ2) is 6.53. The number of amides is 1. The van der Waals surface area contributed by atoms with Gasteiger partial charge in [-0.15, -0.1) is 0 Å². The Morgan fingerprint density at radius 2 is 1.91 bits per heavy atom. The van der Waals surface area contributed by atoms with E-state index in [0.29, 0.717) is 12.5 Å². The number of ether oxygens (including phenoxy) is 1. The summed E-state index contributed by atoms with van der Waals surface area (Å²) >= 11 is 0. The summed E-state index contributed by atoms with van der Waals surface area (Å²) in [5.74, 6) is 1.66. The summed E-state index contributed by atoms with van der Waals surface area (Å²) in [5, 5.41) is 0. The van der Waals surface area contributed by atoms with Crippen molar-refractivity contribution >= 4 is 12.0 Å². The molecule has 22 heavy (non-hydrogen) atoms. The molecular weight excluding hydrogens is 276 g/mol. The van der Waals surface area contributed by atoms with E-state index in [0.717, 1.165) is 49.6 Å². The van der Waals surface area contributed by atoms with Crippen LogP contribution in [0, 0.1) is 5.92 Å². The number of carbonyl (C=O) groups is 1. The third-order valence-electron chi connectivity index (χ3n) is 4.19. The van der Waals surface area contributed by atoms with Crippen molar-refractivity contribution in [2.45, 2.75) is 13.8 Å². The van der Waals surface area contributed by atoms with E-state index >= 15 is 0 Å². The molecule has 0 aliphatic carbocycles. The first-order chi connectivity index (χ1) is 10.6. The zero-order valence-corrected chi connectivity index (χ0v) is 13.4. The van der Waals surface area contributed by atoms with Gasteiger partial charge in [0.05, 0.1) is 5.57 Å². The first-order valence-electron chi connectivity index (χ1n) is 8.07. The molecule has 3 rings (SSSR count). The van der Waals surface area contributed by atoms with Crippen LogP contribution in [0.3, 0.4) is 0 Å². The van der Waals surface area contributed by atoms with E-state index in [1.807, 2.05) is 35.2 Å². The minimum Gasteiger partial charge on any atom is -0.488 e. The Morgan fingerprint density at radius 3 is 2.64 bits per heavy atom. The largest absolute Gasteiger partial charge is 0.488 e. The monoisotopic (exact) mass is 300 g/mol. The van der Waals surface area contributed by atoms with Crippen LogP contribution in [0.2, 0.25) is 0 Å². The molecule has 0 aromatic heterocycles. The van der Waals surface area contributed by atoms with Crippen LogP contribution >= 0.6 is 0 Å². The molecule has 0 unspecified atom stereocenters. The van der Waals surface area contributed by atoms with E-state index in [1.54, 1.807) is 0 Å². The standard InChI is InChI=1S/C18H24N2O2/c1-14(2)12-19-7-9-20(10-8-19)18(21)16-11-15-5-3-4-6-17(15)22-13-16/h3-6,11,14H,7-10,12-13H2,1-2H3. The Labute approximate surface area is 132 Å². The molecule has 1 amide bonds. The van der Waals surface area contributed by atoms with Crippen LogP contribution in [0.1, 0.15) is 19.4 Å². The molecule has 1 saturated heterocycles. The fraction of sp³-hybridized carbons (Fsp3) is 0.500. The average Bonchev–Trinajstić information content (AvgIpc) is 2.54. The molecule has 1 aromatic carbocycles. The topological polar surface area (TPSA) is 32.8 Å². The summed E-state index contributed by atoms with van der Waals surface area (Å²) in [5.41, 5.74) is 1.76. The highest BCUT2D eigenvalue weighted by Crippen LogP contribution is 2.26. The molecule has 0 atom stereocenters. The molecule has 2 aliphatic rings. The quantitative estimate of drug-likeness (QED) is 0.858. The number of nitrogens with zero attached hydrogens (tertiary/aromatic N) is 2. The Bertz CT molecular complexity index is 572. The van der Waals surface area contributed by atoms with Gasteiger partial charge in [0.2, 0.25) is 0 Å². The highest BCUT2D eigenvalue weighted by molar-refractivity contribution is 5.99. The lowest BCUT2D eigenvalue weighted by molar-refractivity contribution is -0.129. The smallest absolute Gasteiger partial charge is 0.253 e. The summed E-state index contributed by atoms with van der Waals surface area (Å²) in [6.45, 7) is 9.51. The lowest BCUT2D eigenvalue weighted by Gasteiger charge is -2.36. The molecule has 2 heterocycles. The SMILES string of the molecule is CC(C)CN1CCN(C(=O)C2=Cc3ccccc3OC2)CC1. The normalized spacial score (nSPS) is 18.7. The number of carbonyl (C=O) groups excluding carboxylic acids is 1. The molecule has 0 N–H and O–H groups in total. The number of benzene rings is 1. The van der Waals surface area contributed by atoms with E-state index < -0.39 is 0 Å². The van der Waals surface area contributed by atoms with Crippen LogP contribution in [0.4, 0.5) is 0 Å². The van der Waals surface area contributed by atoms with Gasteiger partial charge in [0.15, 0.2) is 0 Å². The van der Waals surface area contributed by atoms with Crippen molar-refractivity contribution in [3.63, 3.8) is 0 Å². The maximum Gasteiger partial charge on any atom is 0.253 e. The average molecular weight is 300 g/mol. The van der Waals surface area contributed by atoms with E-state index in [-0.39, 0.29) is 5.91 Å². The fourth-order valence-electron chi connectivity index (χ4n) is 3.09. The van der Waals surface area contributed by atoms with Gasteiger partial charge in [0.25, 0.3) is 5.91 Å². The first kappa shape index (κ1) is 15.1. The van der Waals surface area contributed by atoms with Crippen LogP contribution in [0.25, 0.3) is 6.08 Å². The van der Waals surface area contributed by atoms with Crippen molar-refractivity contribution in [2.75, 3.05) is 39.3 Å². The van der Waals surface area contributed by atoms with Gasteiger partial charge in [-0.2, -0.15) is 0 Å². The zero-order valence-electron chi connectivity index (χ0n) is 13.4. The molecule has 0 spiro atoms. The number of para-hydroxylation sites is 1. The second-order valence-electron chi connectivity index (χ2n) is 6.48. The number of piperazine rings is 1. The van der Waals surface area contributed by atoms with Crippen LogP contribution in [-0.2, 0) is 4.79 Å². The van der Waals surface area contributed by atoms with E-state index in [4.69, 9.17) is 4.74 Å². The number of fused-ring (bicyclic) bond motifs is 1. The molecule has 0 bridgehead atoms. The maximum absolute atomic E-state index is 12.7. The van der Waals surface area contributed by atoms with Gasteiger partial charge in [0.1, 0.15) is 12.4 Å². The third-order valence-corrected chi connectivity index (χ3v) is 4.19. The highest BCUT2D eigenvalue weighted by atomic mass is 16.5. The van der Waals surface area contributed by atoms with Gasteiger partial charge in [-0.05, 0) is 18.1 Å². The maximum atomic E-state index is 12.7. The zero-order chi connectivity index (χ0) is 15.5. The van der Waals surface area contributed by atoms with Gasteiger partial charge >= 0.3 is 0 Å². The highest BCUT2D eigenvalue weighted by Gasteiger charge is 2.25. The number of hydrogen-bond donors (Lipinski definition) is 0. The third kappa shape index (κ3) is 3.33. The van der Waals surface area contributed by atoms with Crippen LogP contribution in [0.15, 0.2) is 29.8 Å². The lowest BCUT2D eigenvalue weighted by atomic mass is 10.1. The number of hydrogen-bond acceptors (Lipinski definition) is 3. The van der Waals surface area contributed by atoms with E-state index in [9.17, 15) is 4.79 Å². The fourth-order valence-corrected chi connectivity index (χ4v) is 3.09. The number of rotatable bonds is 3. The van der Waals surface area contributed by atoms with Crippen LogP contribution in [0.5, 0.6) is 5.75 Å². The van der Waals surface area contributed by atoms with E-state index in [2.05, 4.69) is 18.7 Å². The summed E-state index contributed by atoms with van der Waals surface area (Å²) < 4.78 is 5.70. The predicted molar refractivity (Wildman–Crippen MR) is 87.8 cm³/mol. The van der Waals surface area contributed by atoms with Crippen molar-refractivity contribution in [2.24, 2.45) is 5.92 Å². The molecule has 1 fully saturated rings.